The highest BCUT2D eigenvalue weighted by atomic mass is 79.9. The Hall–Kier alpha value is -0.840. The highest BCUT2D eigenvalue weighted by Gasteiger charge is 2.33. The van der Waals surface area contributed by atoms with E-state index < -0.39 is 17.6 Å². The van der Waals surface area contributed by atoms with E-state index in [0.717, 1.165) is 23.9 Å². The molecule has 88 valence electrons. The van der Waals surface area contributed by atoms with Gasteiger partial charge < -0.3 is 0 Å². The Balaban J connectivity index is 2.91. The van der Waals surface area contributed by atoms with E-state index in [-0.39, 0.29) is 0 Å². The number of allylic oxidation sites excluding steroid dienone is 1. The molecule has 0 unspecified atom stereocenters. The maximum atomic E-state index is 13.1. The van der Waals surface area contributed by atoms with Gasteiger partial charge in [-0.15, -0.1) is 0 Å². The van der Waals surface area contributed by atoms with Crippen molar-refractivity contribution in [3.05, 3.63) is 41.2 Å². The lowest BCUT2D eigenvalue weighted by Crippen LogP contribution is -2.07. The first-order chi connectivity index (χ1) is 7.45. The summed E-state index contributed by atoms with van der Waals surface area (Å²) in [6.45, 7) is 0. The van der Waals surface area contributed by atoms with Crippen molar-refractivity contribution >= 4 is 22.0 Å². The van der Waals surface area contributed by atoms with Crippen LogP contribution in [-0.2, 0) is 6.18 Å². The highest BCUT2D eigenvalue weighted by Crippen LogP contribution is 2.31. The number of rotatable bonds is 3. The maximum absolute atomic E-state index is 13.1. The predicted octanol–water partition coefficient (Wildman–Crippen LogP) is 4.64. The van der Waals surface area contributed by atoms with E-state index in [1.165, 1.54) is 6.07 Å². The second kappa shape index (κ2) is 5.48. The minimum Gasteiger partial charge on any atom is -0.206 e. The molecule has 0 saturated heterocycles. The van der Waals surface area contributed by atoms with Crippen LogP contribution in [0.1, 0.15) is 17.5 Å². The van der Waals surface area contributed by atoms with Crippen LogP contribution in [0.4, 0.5) is 17.6 Å². The van der Waals surface area contributed by atoms with E-state index in [0.29, 0.717) is 5.56 Å². The molecule has 1 aromatic carbocycles. The molecule has 0 spiro atoms. The normalized spacial score (nSPS) is 12.3. The Kier molecular flexibility index (Phi) is 4.53. The molecule has 0 amide bonds. The monoisotopic (exact) mass is 296 g/mol. The number of halogens is 5. The first-order valence-corrected chi connectivity index (χ1v) is 5.66. The second-order valence-corrected chi connectivity index (χ2v) is 3.91. The molecule has 0 N–H and O–H groups in total. The van der Waals surface area contributed by atoms with Gasteiger partial charge in [-0.3, -0.25) is 0 Å². The molecule has 0 atom stereocenters. The van der Waals surface area contributed by atoms with Gasteiger partial charge in [0.05, 0.1) is 5.56 Å². The molecule has 0 heterocycles. The molecule has 0 saturated carbocycles. The molecule has 0 aliphatic rings. The van der Waals surface area contributed by atoms with E-state index in [4.69, 9.17) is 0 Å². The Morgan fingerprint density at radius 2 is 1.94 bits per heavy atom. The van der Waals surface area contributed by atoms with Crippen molar-refractivity contribution in [1.29, 1.82) is 0 Å². The van der Waals surface area contributed by atoms with E-state index in [1.807, 2.05) is 0 Å². The summed E-state index contributed by atoms with van der Waals surface area (Å²) < 4.78 is 49.8. The second-order valence-electron chi connectivity index (χ2n) is 3.12. The molecular formula is C11H9BrF4. The number of alkyl halides is 4. The van der Waals surface area contributed by atoms with Gasteiger partial charge in [0.15, 0.2) is 0 Å². The van der Waals surface area contributed by atoms with E-state index in [1.54, 1.807) is 12.2 Å². The zero-order valence-electron chi connectivity index (χ0n) is 8.19. The minimum atomic E-state index is -4.64. The molecule has 0 fully saturated rings. The van der Waals surface area contributed by atoms with Crippen molar-refractivity contribution in [3.63, 3.8) is 0 Å². The van der Waals surface area contributed by atoms with Gasteiger partial charge >= 0.3 is 6.18 Å². The molecule has 5 heteroatoms. The number of hydrogen-bond donors (Lipinski definition) is 0. The predicted molar refractivity (Wildman–Crippen MR) is 58.8 cm³/mol. The molecule has 0 aromatic heterocycles. The Morgan fingerprint density at radius 3 is 2.44 bits per heavy atom. The van der Waals surface area contributed by atoms with Crippen LogP contribution in [0.2, 0.25) is 0 Å². The van der Waals surface area contributed by atoms with Crippen LogP contribution in [0.25, 0.3) is 6.08 Å². The third-order valence-electron chi connectivity index (χ3n) is 1.88. The third-order valence-corrected chi connectivity index (χ3v) is 2.34. The molecule has 1 aromatic rings. The van der Waals surface area contributed by atoms with Gasteiger partial charge in [-0.2, -0.15) is 13.2 Å². The van der Waals surface area contributed by atoms with Gasteiger partial charge in [-0.1, -0.05) is 34.1 Å². The summed E-state index contributed by atoms with van der Waals surface area (Å²) in [5.74, 6) is -1.24. The summed E-state index contributed by atoms with van der Waals surface area (Å²) in [6, 6.07) is 2.88. The smallest absolute Gasteiger partial charge is 0.206 e. The molecule has 16 heavy (non-hydrogen) atoms. The minimum absolute atomic E-state index is 0.423. The average molecular weight is 297 g/mol. The van der Waals surface area contributed by atoms with E-state index in [9.17, 15) is 17.6 Å². The van der Waals surface area contributed by atoms with Gasteiger partial charge in [-0.25, -0.2) is 4.39 Å². The van der Waals surface area contributed by atoms with Gasteiger partial charge in [-0.05, 0) is 24.1 Å². The van der Waals surface area contributed by atoms with Crippen LogP contribution in [0.3, 0.4) is 0 Å². The molecule has 0 radical (unpaired) electrons. The van der Waals surface area contributed by atoms with Gasteiger partial charge in [0.2, 0.25) is 0 Å². The largest absolute Gasteiger partial charge is 0.419 e. The molecule has 0 bridgehead atoms. The molecule has 0 aliphatic carbocycles. The first-order valence-electron chi connectivity index (χ1n) is 4.54. The van der Waals surface area contributed by atoms with Crippen LogP contribution < -0.4 is 0 Å². The topological polar surface area (TPSA) is 0 Å². The van der Waals surface area contributed by atoms with Crippen molar-refractivity contribution < 1.29 is 17.6 Å². The first kappa shape index (κ1) is 13.2. The lowest BCUT2D eigenvalue weighted by molar-refractivity contribution is -0.140. The van der Waals surface area contributed by atoms with Gasteiger partial charge in [0.1, 0.15) is 5.82 Å². The summed E-state index contributed by atoms with van der Waals surface area (Å²) in [5.41, 5.74) is -0.809. The summed E-state index contributed by atoms with van der Waals surface area (Å²) in [7, 11) is 0. The molecule has 1 rings (SSSR count). The van der Waals surface area contributed by atoms with Crippen molar-refractivity contribution in [2.45, 2.75) is 12.6 Å². The van der Waals surface area contributed by atoms with E-state index in [2.05, 4.69) is 15.9 Å². The van der Waals surface area contributed by atoms with Gasteiger partial charge in [0.25, 0.3) is 0 Å². The van der Waals surface area contributed by atoms with Gasteiger partial charge in [0, 0.05) is 5.33 Å². The van der Waals surface area contributed by atoms with Crippen molar-refractivity contribution in [3.8, 4) is 0 Å². The lowest BCUT2D eigenvalue weighted by atomic mass is 10.1. The highest BCUT2D eigenvalue weighted by molar-refractivity contribution is 9.09. The summed E-state index contributed by atoms with van der Waals surface area (Å²) in [6.07, 6.45) is -0.549. The number of benzene rings is 1. The van der Waals surface area contributed by atoms with Crippen molar-refractivity contribution in [2.75, 3.05) is 5.33 Å². The van der Waals surface area contributed by atoms with Crippen LogP contribution in [0, 0.1) is 5.82 Å². The van der Waals surface area contributed by atoms with Crippen molar-refractivity contribution in [1.82, 2.24) is 0 Å². The molecular weight excluding hydrogens is 288 g/mol. The van der Waals surface area contributed by atoms with E-state index >= 15 is 0 Å². The summed E-state index contributed by atoms with van der Waals surface area (Å²) in [5, 5.41) is 0.757. The standard InChI is InChI=1S/C11H9BrF4/c12-6-2-1-3-8-4-5-9(10(13)7-8)11(14,15)16/h1,3-5,7H,2,6H2/b3-1+. The molecule has 0 nitrogen and oxygen atoms in total. The molecule has 0 aliphatic heterocycles. The van der Waals surface area contributed by atoms with Crippen LogP contribution in [0.5, 0.6) is 0 Å². The van der Waals surface area contributed by atoms with Crippen LogP contribution in [-0.4, -0.2) is 5.33 Å². The zero-order chi connectivity index (χ0) is 12.2. The van der Waals surface area contributed by atoms with Crippen LogP contribution in [0.15, 0.2) is 24.3 Å². The quantitative estimate of drug-likeness (QED) is 0.563. The van der Waals surface area contributed by atoms with Crippen molar-refractivity contribution in [2.24, 2.45) is 0 Å². The Labute approximate surface area is 99.1 Å². The van der Waals surface area contributed by atoms with Crippen LogP contribution >= 0.6 is 15.9 Å². The third kappa shape index (κ3) is 3.63. The SMILES string of the molecule is Fc1cc(/C=C/CCBr)ccc1C(F)(F)F. The number of hydrogen-bond acceptors (Lipinski definition) is 0. The maximum Gasteiger partial charge on any atom is 0.419 e. The fourth-order valence-corrected chi connectivity index (χ4v) is 1.41. The summed E-state index contributed by atoms with van der Waals surface area (Å²) >= 11 is 3.20. The fourth-order valence-electron chi connectivity index (χ4n) is 1.15. The summed E-state index contributed by atoms with van der Waals surface area (Å²) in [4.78, 5) is 0. The Bertz CT molecular complexity index is 382. The fraction of sp³-hybridized carbons (Fsp3) is 0.273. The lowest BCUT2D eigenvalue weighted by Gasteiger charge is -2.07. The Morgan fingerprint density at radius 1 is 1.25 bits per heavy atom. The average Bonchev–Trinajstić information content (AvgIpc) is 2.16. The zero-order valence-corrected chi connectivity index (χ0v) is 9.78.